The van der Waals surface area contributed by atoms with Crippen molar-refractivity contribution in [3.63, 3.8) is 0 Å². The predicted octanol–water partition coefficient (Wildman–Crippen LogP) is 3.28. The number of rotatable bonds is 6. The first-order valence-corrected chi connectivity index (χ1v) is 12.4. The van der Waals surface area contributed by atoms with E-state index in [4.69, 9.17) is 9.72 Å². The number of likely N-dealkylation sites (tertiary alicyclic amines) is 1. The summed E-state index contributed by atoms with van der Waals surface area (Å²) in [6.07, 6.45) is 2.33. The van der Waals surface area contributed by atoms with Gasteiger partial charge in [-0.05, 0) is 26.7 Å². The Morgan fingerprint density at radius 1 is 1.34 bits per heavy atom. The molecule has 9 heteroatoms. The van der Waals surface area contributed by atoms with Gasteiger partial charge in [0.1, 0.15) is 5.01 Å². The van der Waals surface area contributed by atoms with Crippen LogP contribution in [0.1, 0.15) is 32.4 Å². The number of nitrogens with one attached hydrogen (secondary N) is 1. The lowest BCUT2D eigenvalue weighted by Gasteiger charge is -2.40. The van der Waals surface area contributed by atoms with Crippen LogP contribution in [-0.2, 0) is 21.2 Å². The molecule has 2 atom stereocenters. The molecule has 3 rings (SSSR count). The summed E-state index contributed by atoms with van der Waals surface area (Å²) in [7, 11) is -3.41. The van der Waals surface area contributed by atoms with Gasteiger partial charge >= 0.3 is 6.09 Å². The van der Waals surface area contributed by atoms with Crippen LogP contribution in [0, 0.1) is 0 Å². The highest BCUT2D eigenvalue weighted by atomic mass is 32.2. The van der Waals surface area contributed by atoms with Crippen LogP contribution >= 0.6 is 11.3 Å². The van der Waals surface area contributed by atoms with Gasteiger partial charge in [-0.2, -0.15) is 0 Å². The van der Waals surface area contributed by atoms with E-state index in [2.05, 4.69) is 4.72 Å². The van der Waals surface area contributed by atoms with Crippen LogP contribution in [0.4, 0.5) is 4.79 Å². The van der Waals surface area contributed by atoms with E-state index in [0.717, 1.165) is 22.5 Å². The van der Waals surface area contributed by atoms with Crippen LogP contribution in [0.2, 0.25) is 0 Å². The van der Waals surface area contributed by atoms with Crippen LogP contribution in [-0.4, -0.2) is 55.4 Å². The number of thiazole rings is 1. The Balaban J connectivity index is 1.84. The third-order valence-corrected chi connectivity index (χ3v) is 6.38. The number of hydrogen-bond acceptors (Lipinski definition) is 6. The average Bonchev–Trinajstić information content (AvgIpc) is 3.10. The number of hydrogen-bond donors (Lipinski definition) is 1. The number of benzene rings is 1. The molecule has 0 radical (unpaired) electrons. The number of carbonyl (C=O) groups excluding carboxylic acids is 1. The second kappa shape index (κ2) is 9.23. The standard InChI is InChI=1S/C20H27N3O4S2/c1-14(2)27-20(24)23-11-7-10-17(22-29(3,25)26)18(23)12-16-13-28-19(21-16)15-8-5-4-6-9-15/h4-6,8-9,13-14,17-18,22H,7,10-12H2,1-3H3. The molecule has 1 amide bonds. The van der Waals surface area contributed by atoms with Gasteiger partial charge in [0.2, 0.25) is 10.0 Å². The summed E-state index contributed by atoms with van der Waals surface area (Å²) in [5, 5.41) is 2.88. The number of amides is 1. The van der Waals surface area contributed by atoms with Gasteiger partial charge in [-0.15, -0.1) is 11.3 Å². The monoisotopic (exact) mass is 437 g/mol. The third-order valence-electron chi connectivity index (χ3n) is 4.71. The Kier molecular flexibility index (Phi) is 6.92. The molecule has 1 aliphatic heterocycles. The van der Waals surface area contributed by atoms with E-state index in [1.165, 1.54) is 0 Å². The zero-order chi connectivity index (χ0) is 21.0. The van der Waals surface area contributed by atoms with Crippen molar-refractivity contribution in [3.05, 3.63) is 41.4 Å². The second-order valence-electron chi connectivity index (χ2n) is 7.55. The van der Waals surface area contributed by atoms with Gasteiger partial charge < -0.3 is 9.64 Å². The fourth-order valence-electron chi connectivity index (χ4n) is 3.55. The minimum Gasteiger partial charge on any atom is -0.447 e. The molecule has 1 N–H and O–H groups in total. The Morgan fingerprint density at radius 3 is 2.72 bits per heavy atom. The van der Waals surface area contributed by atoms with Gasteiger partial charge in [0.15, 0.2) is 0 Å². The van der Waals surface area contributed by atoms with Crippen molar-refractivity contribution >= 4 is 27.5 Å². The van der Waals surface area contributed by atoms with Crippen molar-refractivity contribution in [1.29, 1.82) is 0 Å². The van der Waals surface area contributed by atoms with E-state index in [1.54, 1.807) is 30.1 Å². The zero-order valence-corrected chi connectivity index (χ0v) is 18.5. The summed E-state index contributed by atoms with van der Waals surface area (Å²) in [4.78, 5) is 19.0. The molecule has 1 aromatic carbocycles. The summed E-state index contributed by atoms with van der Waals surface area (Å²) in [5.41, 5.74) is 1.87. The minimum absolute atomic E-state index is 0.240. The first-order valence-electron chi connectivity index (χ1n) is 9.67. The molecule has 7 nitrogen and oxygen atoms in total. The number of nitrogens with zero attached hydrogens (tertiary/aromatic N) is 2. The van der Waals surface area contributed by atoms with Gasteiger partial charge in [0, 0.05) is 30.0 Å². The predicted molar refractivity (Wildman–Crippen MR) is 114 cm³/mol. The largest absolute Gasteiger partial charge is 0.447 e. The normalized spacial score (nSPS) is 20.1. The van der Waals surface area contributed by atoms with Crippen LogP contribution < -0.4 is 4.72 Å². The first-order chi connectivity index (χ1) is 13.7. The molecule has 1 fully saturated rings. The molecule has 2 unspecified atom stereocenters. The van der Waals surface area contributed by atoms with Gasteiger partial charge in [0.25, 0.3) is 0 Å². The molecular formula is C20H27N3O4S2. The summed E-state index contributed by atoms with van der Waals surface area (Å²) in [6, 6.07) is 9.17. The lowest BCUT2D eigenvalue weighted by molar-refractivity contribution is 0.0459. The maximum atomic E-state index is 12.7. The Labute approximate surface area is 176 Å². The molecule has 2 aromatic rings. The fourth-order valence-corrected chi connectivity index (χ4v) is 5.21. The van der Waals surface area contributed by atoms with Gasteiger partial charge in [-0.25, -0.2) is 22.9 Å². The van der Waals surface area contributed by atoms with Crippen molar-refractivity contribution in [2.24, 2.45) is 0 Å². The van der Waals surface area contributed by atoms with Crippen LogP contribution in [0.15, 0.2) is 35.7 Å². The zero-order valence-electron chi connectivity index (χ0n) is 16.9. The molecule has 1 saturated heterocycles. The molecule has 1 aliphatic rings. The van der Waals surface area contributed by atoms with E-state index in [-0.39, 0.29) is 18.2 Å². The molecule has 0 aliphatic carbocycles. The van der Waals surface area contributed by atoms with E-state index >= 15 is 0 Å². The van der Waals surface area contributed by atoms with Gasteiger partial charge in [-0.1, -0.05) is 30.3 Å². The lowest BCUT2D eigenvalue weighted by atomic mass is 9.94. The molecule has 0 spiro atoms. The van der Waals surface area contributed by atoms with Crippen LogP contribution in [0.25, 0.3) is 10.6 Å². The number of aromatic nitrogens is 1. The molecule has 29 heavy (non-hydrogen) atoms. The highest BCUT2D eigenvalue weighted by Gasteiger charge is 2.37. The Hall–Kier alpha value is -1.97. The molecule has 2 heterocycles. The quantitative estimate of drug-likeness (QED) is 0.749. The summed E-state index contributed by atoms with van der Waals surface area (Å²) >= 11 is 1.54. The number of sulfonamides is 1. The van der Waals surface area contributed by atoms with Crippen molar-refractivity contribution in [1.82, 2.24) is 14.6 Å². The third kappa shape index (κ3) is 6.01. The van der Waals surface area contributed by atoms with E-state index in [0.29, 0.717) is 25.8 Å². The minimum atomic E-state index is -3.41. The van der Waals surface area contributed by atoms with Crippen molar-refractivity contribution in [2.75, 3.05) is 12.8 Å². The van der Waals surface area contributed by atoms with Crippen molar-refractivity contribution in [2.45, 2.75) is 51.3 Å². The molecular weight excluding hydrogens is 410 g/mol. The molecule has 1 aromatic heterocycles. The van der Waals surface area contributed by atoms with Gasteiger partial charge in [0.05, 0.1) is 24.1 Å². The maximum absolute atomic E-state index is 12.7. The van der Waals surface area contributed by atoms with Gasteiger partial charge in [-0.3, -0.25) is 0 Å². The maximum Gasteiger partial charge on any atom is 0.410 e. The Bertz CT molecular complexity index is 928. The number of ether oxygens (including phenoxy) is 1. The lowest BCUT2D eigenvalue weighted by Crippen LogP contribution is -2.58. The highest BCUT2D eigenvalue weighted by Crippen LogP contribution is 2.27. The van der Waals surface area contributed by atoms with Crippen molar-refractivity contribution < 1.29 is 17.9 Å². The smallest absolute Gasteiger partial charge is 0.410 e. The van der Waals surface area contributed by atoms with Crippen LogP contribution in [0.5, 0.6) is 0 Å². The van der Waals surface area contributed by atoms with Crippen LogP contribution in [0.3, 0.4) is 0 Å². The number of carbonyl (C=O) groups is 1. The summed E-state index contributed by atoms with van der Waals surface area (Å²) < 4.78 is 31.9. The molecule has 0 bridgehead atoms. The van der Waals surface area contributed by atoms with E-state index in [1.807, 2.05) is 35.7 Å². The molecule has 158 valence electrons. The highest BCUT2D eigenvalue weighted by molar-refractivity contribution is 7.88. The summed E-state index contributed by atoms with van der Waals surface area (Å²) in [5.74, 6) is 0. The average molecular weight is 438 g/mol. The topological polar surface area (TPSA) is 88.6 Å². The first kappa shape index (κ1) is 21.7. The Morgan fingerprint density at radius 2 is 2.07 bits per heavy atom. The second-order valence-corrected chi connectivity index (χ2v) is 10.2. The number of piperidine rings is 1. The SMILES string of the molecule is CC(C)OC(=O)N1CCCC(NS(C)(=O)=O)C1Cc1csc(-c2ccccc2)n1. The van der Waals surface area contributed by atoms with E-state index < -0.39 is 16.1 Å². The molecule has 0 saturated carbocycles. The van der Waals surface area contributed by atoms with E-state index in [9.17, 15) is 13.2 Å². The fraction of sp³-hybridized carbons (Fsp3) is 0.500. The van der Waals surface area contributed by atoms with Crippen molar-refractivity contribution in [3.8, 4) is 10.6 Å². The summed E-state index contributed by atoms with van der Waals surface area (Å²) in [6.45, 7) is 4.14.